The summed E-state index contributed by atoms with van der Waals surface area (Å²) in [5.74, 6) is 6.98. The second-order valence-electron chi connectivity index (χ2n) is 3.37. The summed E-state index contributed by atoms with van der Waals surface area (Å²) in [6, 6.07) is 8.04. The van der Waals surface area contributed by atoms with Gasteiger partial charge in [-0.05, 0) is 12.0 Å². The van der Waals surface area contributed by atoms with E-state index >= 15 is 0 Å². The molecule has 2 heteroatoms. The number of alkyl halides is 1. The average Bonchev–Trinajstić information content (AvgIpc) is 2.51. The van der Waals surface area contributed by atoms with Gasteiger partial charge in [-0.15, -0.1) is 0 Å². The molecule has 1 nitrogen and oxygen atoms in total. The highest BCUT2D eigenvalue weighted by Gasteiger charge is 2.11. The SMILES string of the molecule is IC1C#Cc2oc3ccccc3c2C=C1. The average molecular weight is 306 g/mol. The fourth-order valence-electron chi connectivity index (χ4n) is 1.69. The quantitative estimate of drug-likeness (QED) is 0.412. The molecule has 2 aromatic rings. The molecule has 0 fully saturated rings. The van der Waals surface area contributed by atoms with E-state index in [1.54, 1.807) is 0 Å². The summed E-state index contributed by atoms with van der Waals surface area (Å²) >= 11 is 2.30. The van der Waals surface area contributed by atoms with Gasteiger partial charge in [-0.25, -0.2) is 0 Å². The molecule has 0 aliphatic heterocycles. The minimum atomic E-state index is 0.268. The number of para-hydroxylation sites is 1. The third-order valence-electron chi connectivity index (χ3n) is 2.39. The van der Waals surface area contributed by atoms with E-state index in [9.17, 15) is 0 Å². The van der Waals surface area contributed by atoms with Crippen molar-refractivity contribution in [3.05, 3.63) is 41.7 Å². The fraction of sp³-hybridized carbons (Fsp3) is 0.0769. The Morgan fingerprint density at radius 2 is 2.13 bits per heavy atom. The number of furan rings is 1. The Bertz CT molecular complexity index is 610. The molecule has 0 amide bonds. The summed E-state index contributed by atoms with van der Waals surface area (Å²) in [5.41, 5.74) is 2.02. The van der Waals surface area contributed by atoms with Gasteiger partial charge < -0.3 is 4.42 Å². The van der Waals surface area contributed by atoms with Crippen molar-refractivity contribution in [1.29, 1.82) is 0 Å². The van der Waals surface area contributed by atoms with Gasteiger partial charge in [-0.1, -0.05) is 58.9 Å². The number of allylic oxidation sites excluding steroid dienone is 1. The maximum absolute atomic E-state index is 5.69. The van der Waals surface area contributed by atoms with Crippen molar-refractivity contribution < 1.29 is 4.42 Å². The highest BCUT2D eigenvalue weighted by atomic mass is 127. The summed E-state index contributed by atoms with van der Waals surface area (Å²) in [4.78, 5) is 0. The van der Waals surface area contributed by atoms with Crippen LogP contribution in [0.25, 0.3) is 17.0 Å². The maximum Gasteiger partial charge on any atom is 0.185 e. The smallest absolute Gasteiger partial charge is 0.185 e. The molecule has 1 aromatic carbocycles. The van der Waals surface area contributed by atoms with E-state index in [2.05, 4.69) is 52.7 Å². The van der Waals surface area contributed by atoms with E-state index in [-0.39, 0.29) is 3.92 Å². The van der Waals surface area contributed by atoms with Crippen LogP contribution in [0.4, 0.5) is 0 Å². The molecular weight excluding hydrogens is 299 g/mol. The molecule has 1 aliphatic rings. The summed E-state index contributed by atoms with van der Waals surface area (Å²) in [6.07, 6.45) is 4.19. The van der Waals surface area contributed by atoms with Gasteiger partial charge in [0.2, 0.25) is 0 Å². The van der Waals surface area contributed by atoms with Crippen LogP contribution in [0, 0.1) is 11.8 Å². The van der Waals surface area contributed by atoms with Crippen molar-refractivity contribution in [1.82, 2.24) is 0 Å². The highest BCUT2D eigenvalue weighted by molar-refractivity contribution is 14.1. The normalized spacial score (nSPS) is 18.1. The number of benzene rings is 1. The van der Waals surface area contributed by atoms with Gasteiger partial charge in [-0.2, -0.15) is 0 Å². The molecule has 1 aromatic heterocycles. The third-order valence-corrected chi connectivity index (χ3v) is 3.12. The van der Waals surface area contributed by atoms with Crippen molar-refractivity contribution in [2.45, 2.75) is 3.92 Å². The molecule has 0 saturated heterocycles. The molecule has 0 N–H and O–H groups in total. The van der Waals surface area contributed by atoms with Gasteiger partial charge >= 0.3 is 0 Å². The van der Waals surface area contributed by atoms with Crippen LogP contribution >= 0.6 is 22.6 Å². The molecule has 1 unspecified atom stereocenters. The van der Waals surface area contributed by atoms with Crippen LogP contribution in [0.3, 0.4) is 0 Å². The largest absolute Gasteiger partial charge is 0.447 e. The molecule has 72 valence electrons. The monoisotopic (exact) mass is 306 g/mol. The first-order valence-electron chi connectivity index (χ1n) is 4.70. The van der Waals surface area contributed by atoms with Crippen LogP contribution in [-0.4, -0.2) is 3.92 Å². The lowest BCUT2D eigenvalue weighted by atomic mass is 10.1. The molecule has 0 saturated carbocycles. The lowest BCUT2D eigenvalue weighted by Gasteiger charge is -1.89. The number of fused-ring (bicyclic) bond motifs is 3. The van der Waals surface area contributed by atoms with Crippen molar-refractivity contribution in [3.63, 3.8) is 0 Å². The van der Waals surface area contributed by atoms with Gasteiger partial charge in [0.05, 0.1) is 3.92 Å². The zero-order valence-corrected chi connectivity index (χ0v) is 9.99. The highest BCUT2D eigenvalue weighted by Crippen LogP contribution is 2.28. The van der Waals surface area contributed by atoms with E-state index in [0.717, 1.165) is 22.3 Å². The van der Waals surface area contributed by atoms with Crippen LogP contribution < -0.4 is 0 Å². The molecule has 1 aliphatic carbocycles. The molecule has 15 heavy (non-hydrogen) atoms. The second-order valence-corrected chi connectivity index (χ2v) is 4.71. The Kier molecular flexibility index (Phi) is 2.06. The first-order valence-corrected chi connectivity index (χ1v) is 5.94. The van der Waals surface area contributed by atoms with E-state index in [4.69, 9.17) is 4.42 Å². The van der Waals surface area contributed by atoms with Crippen LogP contribution in [0.1, 0.15) is 11.3 Å². The number of rotatable bonds is 0. The summed E-state index contributed by atoms with van der Waals surface area (Å²) in [5, 5.41) is 1.14. The topological polar surface area (TPSA) is 13.1 Å². The number of hydrogen-bond acceptors (Lipinski definition) is 1. The predicted octanol–water partition coefficient (Wildman–Crippen LogP) is 3.61. The first-order chi connectivity index (χ1) is 7.34. The standard InChI is InChI=1S/C13H7IO/c14-9-5-7-11-10-3-1-2-4-12(10)15-13(11)8-6-9/h1-5,7,9H. The maximum atomic E-state index is 5.69. The van der Waals surface area contributed by atoms with E-state index in [0.29, 0.717) is 0 Å². The van der Waals surface area contributed by atoms with E-state index in [1.165, 1.54) is 0 Å². The zero-order valence-electron chi connectivity index (χ0n) is 7.83. The molecule has 0 bridgehead atoms. The Balaban J connectivity index is 2.36. The predicted molar refractivity (Wildman–Crippen MR) is 69.9 cm³/mol. The Labute approximate surface area is 101 Å². The summed E-state index contributed by atoms with van der Waals surface area (Å²) in [7, 11) is 0. The van der Waals surface area contributed by atoms with Crippen molar-refractivity contribution in [3.8, 4) is 11.8 Å². The Morgan fingerprint density at radius 3 is 3.07 bits per heavy atom. The van der Waals surface area contributed by atoms with Gasteiger partial charge in [0, 0.05) is 10.9 Å². The van der Waals surface area contributed by atoms with Gasteiger partial charge in [0.15, 0.2) is 5.76 Å². The third kappa shape index (κ3) is 1.47. The van der Waals surface area contributed by atoms with Gasteiger partial charge in [-0.3, -0.25) is 0 Å². The molecule has 0 radical (unpaired) electrons. The molecular formula is C13H7IO. The molecule has 3 rings (SSSR count). The van der Waals surface area contributed by atoms with Gasteiger partial charge in [0.25, 0.3) is 0 Å². The summed E-state index contributed by atoms with van der Waals surface area (Å²) in [6.45, 7) is 0. The minimum absolute atomic E-state index is 0.268. The zero-order chi connectivity index (χ0) is 10.3. The van der Waals surface area contributed by atoms with Crippen LogP contribution in [0.2, 0.25) is 0 Å². The number of hydrogen-bond donors (Lipinski definition) is 0. The summed E-state index contributed by atoms with van der Waals surface area (Å²) < 4.78 is 5.96. The first kappa shape index (κ1) is 9.05. The van der Waals surface area contributed by atoms with Crippen molar-refractivity contribution in [2.75, 3.05) is 0 Å². The molecule has 0 spiro atoms. The fourth-order valence-corrected chi connectivity index (χ4v) is 2.05. The van der Waals surface area contributed by atoms with Crippen LogP contribution in [0.15, 0.2) is 34.8 Å². The minimum Gasteiger partial charge on any atom is -0.447 e. The number of halogens is 1. The molecule has 1 atom stereocenters. The van der Waals surface area contributed by atoms with E-state index in [1.807, 2.05) is 18.2 Å². The lowest BCUT2D eigenvalue weighted by Crippen LogP contribution is -1.82. The van der Waals surface area contributed by atoms with Crippen molar-refractivity contribution in [2.24, 2.45) is 0 Å². The van der Waals surface area contributed by atoms with Crippen molar-refractivity contribution >= 4 is 39.6 Å². The van der Waals surface area contributed by atoms with Crippen LogP contribution in [-0.2, 0) is 0 Å². The van der Waals surface area contributed by atoms with Crippen LogP contribution in [0.5, 0.6) is 0 Å². The lowest BCUT2D eigenvalue weighted by molar-refractivity contribution is 0.600. The second kappa shape index (κ2) is 3.42. The Morgan fingerprint density at radius 1 is 1.27 bits per heavy atom. The van der Waals surface area contributed by atoms with Gasteiger partial charge in [0.1, 0.15) is 5.58 Å². The molecule has 1 heterocycles. The van der Waals surface area contributed by atoms with E-state index < -0.39 is 0 Å². The Hall–Kier alpha value is -1.21.